The van der Waals surface area contributed by atoms with E-state index in [4.69, 9.17) is 11.6 Å². The molecule has 0 spiro atoms. The number of phenols is 1. The van der Waals surface area contributed by atoms with Crippen molar-refractivity contribution in [3.8, 4) is 5.75 Å². The zero-order valence-electron chi connectivity index (χ0n) is 6.26. The molecule has 1 aromatic rings. The van der Waals surface area contributed by atoms with E-state index in [0.29, 0.717) is 11.6 Å². The quantitative estimate of drug-likeness (QED) is 0.711. The van der Waals surface area contributed by atoms with Crippen molar-refractivity contribution in [1.29, 1.82) is 0 Å². The summed E-state index contributed by atoms with van der Waals surface area (Å²) in [6.45, 7) is 0.631. The van der Waals surface area contributed by atoms with Gasteiger partial charge in [-0.3, -0.25) is 0 Å². The van der Waals surface area contributed by atoms with Gasteiger partial charge in [0.15, 0.2) is 0 Å². The molecule has 2 nitrogen and oxygen atoms in total. The van der Waals surface area contributed by atoms with Gasteiger partial charge in [-0.1, -0.05) is 11.6 Å². The van der Waals surface area contributed by atoms with Gasteiger partial charge in [0.25, 0.3) is 0 Å². The number of hydrogen-bond donors (Lipinski definition) is 2. The Morgan fingerprint density at radius 3 is 2.91 bits per heavy atom. The van der Waals surface area contributed by atoms with Crippen LogP contribution in [0.5, 0.6) is 5.75 Å². The Balaban J connectivity index is 2.93. The lowest BCUT2D eigenvalue weighted by Crippen LogP contribution is -2.04. The molecule has 60 valence electrons. The predicted octanol–water partition coefficient (Wildman–Crippen LogP) is 1.77. The molecule has 0 bridgehead atoms. The van der Waals surface area contributed by atoms with Gasteiger partial charge in [0.1, 0.15) is 5.75 Å². The minimum Gasteiger partial charge on any atom is -0.508 e. The van der Waals surface area contributed by atoms with Crippen molar-refractivity contribution in [3.63, 3.8) is 0 Å². The Bertz CT molecular complexity index is 250. The van der Waals surface area contributed by atoms with E-state index in [1.54, 1.807) is 18.2 Å². The van der Waals surface area contributed by atoms with Crippen LogP contribution < -0.4 is 5.32 Å². The largest absolute Gasteiger partial charge is 0.508 e. The monoisotopic (exact) mass is 171 g/mol. The van der Waals surface area contributed by atoms with Crippen LogP contribution in [0.25, 0.3) is 0 Å². The van der Waals surface area contributed by atoms with Gasteiger partial charge in [0.05, 0.1) is 0 Å². The van der Waals surface area contributed by atoms with Crippen LogP contribution >= 0.6 is 11.6 Å². The lowest BCUT2D eigenvalue weighted by atomic mass is 10.2. The second kappa shape index (κ2) is 3.60. The van der Waals surface area contributed by atoms with Gasteiger partial charge < -0.3 is 10.4 Å². The molecule has 0 atom stereocenters. The first kappa shape index (κ1) is 8.37. The van der Waals surface area contributed by atoms with E-state index in [1.807, 2.05) is 7.05 Å². The fourth-order valence-corrected chi connectivity index (χ4v) is 1.08. The first-order valence-corrected chi connectivity index (χ1v) is 3.74. The molecule has 1 aromatic carbocycles. The number of aromatic hydroxyl groups is 1. The maximum absolute atomic E-state index is 9.27. The minimum absolute atomic E-state index is 0.281. The van der Waals surface area contributed by atoms with Crippen molar-refractivity contribution in [1.82, 2.24) is 5.32 Å². The lowest BCUT2D eigenvalue weighted by molar-refractivity contribution is 0.466. The fraction of sp³-hybridized carbons (Fsp3) is 0.250. The maximum Gasteiger partial charge on any atom is 0.120 e. The summed E-state index contributed by atoms with van der Waals surface area (Å²) in [6.07, 6.45) is 0. The van der Waals surface area contributed by atoms with Crippen molar-refractivity contribution >= 4 is 11.6 Å². The van der Waals surface area contributed by atoms with E-state index < -0.39 is 0 Å². The molecule has 0 aromatic heterocycles. The van der Waals surface area contributed by atoms with Gasteiger partial charge in [-0.15, -0.1) is 0 Å². The van der Waals surface area contributed by atoms with Crippen molar-refractivity contribution in [3.05, 3.63) is 28.8 Å². The molecule has 0 aliphatic rings. The number of halogens is 1. The molecule has 0 saturated carbocycles. The van der Waals surface area contributed by atoms with Crippen molar-refractivity contribution < 1.29 is 5.11 Å². The topological polar surface area (TPSA) is 32.3 Å². The molecule has 0 fully saturated rings. The molecule has 0 radical (unpaired) electrons. The van der Waals surface area contributed by atoms with E-state index in [2.05, 4.69) is 5.32 Å². The normalized spacial score (nSPS) is 10.0. The Kier molecular flexibility index (Phi) is 2.74. The fourth-order valence-electron chi connectivity index (χ4n) is 0.886. The number of rotatable bonds is 2. The highest BCUT2D eigenvalue weighted by molar-refractivity contribution is 6.30. The van der Waals surface area contributed by atoms with E-state index in [1.165, 1.54) is 0 Å². The van der Waals surface area contributed by atoms with Gasteiger partial charge in [0.2, 0.25) is 0 Å². The Morgan fingerprint density at radius 2 is 2.27 bits per heavy atom. The summed E-state index contributed by atoms with van der Waals surface area (Å²) in [4.78, 5) is 0. The molecule has 0 aliphatic carbocycles. The molecule has 0 amide bonds. The van der Waals surface area contributed by atoms with Crippen LogP contribution in [-0.4, -0.2) is 12.2 Å². The van der Waals surface area contributed by atoms with Crippen LogP contribution in [0.2, 0.25) is 5.02 Å². The highest BCUT2D eigenvalue weighted by Crippen LogP contribution is 2.20. The third kappa shape index (κ3) is 2.10. The maximum atomic E-state index is 9.27. The standard InChI is InChI=1S/C8H10ClNO/c1-10-5-6-4-7(9)2-3-8(6)11/h2-4,10-11H,5H2,1H3. The summed E-state index contributed by atoms with van der Waals surface area (Å²) < 4.78 is 0. The van der Waals surface area contributed by atoms with Gasteiger partial charge in [-0.25, -0.2) is 0 Å². The van der Waals surface area contributed by atoms with Crippen LogP contribution in [0.1, 0.15) is 5.56 Å². The summed E-state index contributed by atoms with van der Waals surface area (Å²) in [5, 5.41) is 12.8. The second-order valence-electron chi connectivity index (χ2n) is 2.30. The Labute approximate surface area is 70.8 Å². The number of benzene rings is 1. The summed E-state index contributed by atoms with van der Waals surface area (Å²) >= 11 is 5.71. The first-order chi connectivity index (χ1) is 5.24. The van der Waals surface area contributed by atoms with Crippen LogP contribution in [-0.2, 0) is 6.54 Å². The molecular weight excluding hydrogens is 162 g/mol. The van der Waals surface area contributed by atoms with Gasteiger partial charge in [-0.05, 0) is 25.2 Å². The van der Waals surface area contributed by atoms with Crippen molar-refractivity contribution in [2.75, 3.05) is 7.05 Å². The van der Waals surface area contributed by atoms with Gasteiger partial charge in [0, 0.05) is 17.1 Å². The molecule has 3 heteroatoms. The molecular formula is C8H10ClNO. The highest BCUT2D eigenvalue weighted by atomic mass is 35.5. The number of hydrogen-bond acceptors (Lipinski definition) is 2. The Hall–Kier alpha value is -0.730. The van der Waals surface area contributed by atoms with Crippen LogP contribution in [0.4, 0.5) is 0 Å². The first-order valence-electron chi connectivity index (χ1n) is 3.36. The lowest BCUT2D eigenvalue weighted by Gasteiger charge is -2.02. The molecule has 2 N–H and O–H groups in total. The van der Waals surface area contributed by atoms with Crippen molar-refractivity contribution in [2.45, 2.75) is 6.54 Å². The minimum atomic E-state index is 0.281. The molecule has 0 aliphatic heterocycles. The molecule has 0 unspecified atom stereocenters. The number of nitrogens with one attached hydrogen (secondary N) is 1. The van der Waals surface area contributed by atoms with Crippen LogP contribution in [0.3, 0.4) is 0 Å². The SMILES string of the molecule is CNCc1cc(Cl)ccc1O. The Morgan fingerprint density at radius 1 is 1.55 bits per heavy atom. The highest BCUT2D eigenvalue weighted by Gasteiger charge is 1.99. The van der Waals surface area contributed by atoms with E-state index in [-0.39, 0.29) is 5.75 Å². The van der Waals surface area contributed by atoms with E-state index in [0.717, 1.165) is 5.56 Å². The van der Waals surface area contributed by atoms with E-state index in [9.17, 15) is 5.11 Å². The summed E-state index contributed by atoms with van der Waals surface area (Å²) in [5.41, 5.74) is 0.819. The molecule has 0 saturated heterocycles. The molecule has 0 heterocycles. The average Bonchev–Trinajstić information content (AvgIpc) is 1.98. The summed E-state index contributed by atoms with van der Waals surface area (Å²) in [6, 6.07) is 5.00. The summed E-state index contributed by atoms with van der Waals surface area (Å²) in [7, 11) is 1.82. The predicted molar refractivity (Wildman–Crippen MR) is 45.9 cm³/mol. The zero-order chi connectivity index (χ0) is 8.27. The van der Waals surface area contributed by atoms with Gasteiger partial charge >= 0.3 is 0 Å². The van der Waals surface area contributed by atoms with Crippen molar-refractivity contribution in [2.24, 2.45) is 0 Å². The molecule has 11 heavy (non-hydrogen) atoms. The van der Waals surface area contributed by atoms with E-state index >= 15 is 0 Å². The second-order valence-corrected chi connectivity index (χ2v) is 2.74. The summed E-state index contributed by atoms with van der Waals surface area (Å²) in [5.74, 6) is 0.281. The third-order valence-corrected chi connectivity index (χ3v) is 1.64. The smallest absolute Gasteiger partial charge is 0.120 e. The molecule has 1 rings (SSSR count). The average molecular weight is 172 g/mol. The van der Waals surface area contributed by atoms with Gasteiger partial charge in [-0.2, -0.15) is 0 Å². The zero-order valence-corrected chi connectivity index (χ0v) is 7.02. The van der Waals surface area contributed by atoms with Crippen LogP contribution in [0, 0.1) is 0 Å². The third-order valence-electron chi connectivity index (χ3n) is 1.41. The van der Waals surface area contributed by atoms with Crippen LogP contribution in [0.15, 0.2) is 18.2 Å². The number of phenolic OH excluding ortho intramolecular Hbond substituents is 1.